The number of ether oxygens (including phenoxy) is 2. The molecule has 0 atom stereocenters. The van der Waals surface area contributed by atoms with Gasteiger partial charge in [-0.3, -0.25) is 0 Å². The van der Waals surface area contributed by atoms with Gasteiger partial charge >= 0.3 is 0 Å². The molecule has 1 aromatic rings. The molecule has 0 aromatic heterocycles. The molecular weight excluding hydrogens is 244 g/mol. The van der Waals surface area contributed by atoms with Crippen LogP contribution in [0.1, 0.15) is 5.56 Å². The summed E-state index contributed by atoms with van der Waals surface area (Å²) < 4.78 is 10.5. The van der Waals surface area contributed by atoms with E-state index in [9.17, 15) is 0 Å². The van der Waals surface area contributed by atoms with Crippen LogP contribution in [0.5, 0.6) is 11.5 Å². The minimum Gasteiger partial charge on any atom is -0.496 e. The van der Waals surface area contributed by atoms with Gasteiger partial charge in [0.15, 0.2) is 0 Å². The maximum Gasteiger partial charge on any atom is 0.129 e. The van der Waals surface area contributed by atoms with E-state index in [-0.39, 0.29) is 0 Å². The van der Waals surface area contributed by atoms with Crippen molar-refractivity contribution in [3.63, 3.8) is 0 Å². The molecule has 0 heterocycles. The summed E-state index contributed by atoms with van der Waals surface area (Å²) in [7, 11) is 3.31. The Morgan fingerprint density at radius 1 is 1.21 bits per heavy atom. The highest BCUT2D eigenvalue weighted by molar-refractivity contribution is 9.09. The standard InChI is InChI=1S/C11H13BrO2/c1-13-10-6-3-7-11(14-2)9(10)5-4-8-12/h3-7H,8H2,1-2H3. The summed E-state index contributed by atoms with van der Waals surface area (Å²) in [6.07, 6.45) is 3.98. The van der Waals surface area contributed by atoms with E-state index in [1.54, 1.807) is 14.2 Å². The van der Waals surface area contributed by atoms with Crippen LogP contribution in [-0.2, 0) is 0 Å². The number of allylic oxidation sites excluding steroid dienone is 1. The highest BCUT2D eigenvalue weighted by Gasteiger charge is 2.05. The van der Waals surface area contributed by atoms with Gasteiger partial charge < -0.3 is 9.47 Å². The van der Waals surface area contributed by atoms with Gasteiger partial charge in [0.05, 0.1) is 19.8 Å². The maximum absolute atomic E-state index is 5.24. The van der Waals surface area contributed by atoms with Crippen LogP contribution in [0.3, 0.4) is 0 Å². The molecule has 0 fully saturated rings. The van der Waals surface area contributed by atoms with Crippen molar-refractivity contribution < 1.29 is 9.47 Å². The topological polar surface area (TPSA) is 18.5 Å². The van der Waals surface area contributed by atoms with Crippen LogP contribution >= 0.6 is 15.9 Å². The number of rotatable bonds is 4. The molecule has 0 saturated heterocycles. The van der Waals surface area contributed by atoms with Gasteiger partial charge in [-0.15, -0.1) is 0 Å². The van der Waals surface area contributed by atoms with Crippen LogP contribution in [0.25, 0.3) is 6.08 Å². The van der Waals surface area contributed by atoms with Gasteiger partial charge in [-0.25, -0.2) is 0 Å². The van der Waals surface area contributed by atoms with Crippen LogP contribution in [-0.4, -0.2) is 19.5 Å². The van der Waals surface area contributed by atoms with E-state index in [0.29, 0.717) is 0 Å². The molecule has 1 aromatic carbocycles. The molecule has 0 unspecified atom stereocenters. The summed E-state index contributed by atoms with van der Waals surface area (Å²) in [5.41, 5.74) is 0.969. The van der Waals surface area contributed by atoms with Crippen molar-refractivity contribution in [2.75, 3.05) is 19.5 Å². The van der Waals surface area contributed by atoms with E-state index in [4.69, 9.17) is 9.47 Å². The maximum atomic E-state index is 5.24. The lowest BCUT2D eigenvalue weighted by atomic mass is 10.1. The molecule has 0 N–H and O–H groups in total. The van der Waals surface area contributed by atoms with Crippen molar-refractivity contribution >= 4 is 22.0 Å². The van der Waals surface area contributed by atoms with Gasteiger partial charge in [0.25, 0.3) is 0 Å². The molecular formula is C11H13BrO2. The van der Waals surface area contributed by atoms with Crippen molar-refractivity contribution in [2.45, 2.75) is 0 Å². The Kier molecular flexibility index (Phi) is 4.53. The summed E-state index contributed by atoms with van der Waals surface area (Å²) in [4.78, 5) is 0. The zero-order valence-electron chi connectivity index (χ0n) is 8.29. The molecule has 0 aliphatic carbocycles. The SMILES string of the molecule is COc1cccc(OC)c1C=CCBr. The molecule has 0 bridgehead atoms. The number of benzene rings is 1. The fraction of sp³-hybridized carbons (Fsp3) is 0.273. The van der Waals surface area contributed by atoms with E-state index in [0.717, 1.165) is 22.4 Å². The first kappa shape index (κ1) is 11.1. The highest BCUT2D eigenvalue weighted by Crippen LogP contribution is 2.29. The smallest absolute Gasteiger partial charge is 0.129 e. The van der Waals surface area contributed by atoms with Gasteiger partial charge in [0.2, 0.25) is 0 Å². The lowest BCUT2D eigenvalue weighted by Crippen LogP contribution is -1.91. The van der Waals surface area contributed by atoms with Gasteiger partial charge in [0, 0.05) is 5.33 Å². The summed E-state index contributed by atoms with van der Waals surface area (Å²) in [5.74, 6) is 1.64. The summed E-state index contributed by atoms with van der Waals surface area (Å²) in [5, 5.41) is 0.814. The summed E-state index contributed by atoms with van der Waals surface area (Å²) in [6.45, 7) is 0. The van der Waals surface area contributed by atoms with Gasteiger partial charge in [-0.2, -0.15) is 0 Å². The van der Waals surface area contributed by atoms with E-state index < -0.39 is 0 Å². The second kappa shape index (κ2) is 5.70. The van der Waals surface area contributed by atoms with Crippen molar-refractivity contribution in [1.29, 1.82) is 0 Å². The summed E-state index contributed by atoms with van der Waals surface area (Å²) in [6, 6.07) is 5.73. The van der Waals surface area contributed by atoms with Gasteiger partial charge in [-0.05, 0) is 12.1 Å². The number of halogens is 1. The fourth-order valence-corrected chi connectivity index (χ4v) is 1.39. The second-order valence-corrected chi connectivity index (χ2v) is 3.28. The Morgan fingerprint density at radius 3 is 2.21 bits per heavy atom. The molecule has 2 nitrogen and oxygen atoms in total. The molecule has 0 saturated carbocycles. The lowest BCUT2D eigenvalue weighted by Gasteiger charge is -2.09. The zero-order chi connectivity index (χ0) is 10.4. The van der Waals surface area contributed by atoms with Crippen molar-refractivity contribution in [3.8, 4) is 11.5 Å². The fourth-order valence-electron chi connectivity index (χ4n) is 1.21. The average molecular weight is 257 g/mol. The Bertz CT molecular complexity index is 299. The molecule has 0 radical (unpaired) electrons. The third kappa shape index (κ3) is 2.51. The first-order valence-corrected chi connectivity index (χ1v) is 5.39. The lowest BCUT2D eigenvalue weighted by molar-refractivity contribution is 0.392. The van der Waals surface area contributed by atoms with E-state index in [1.807, 2.05) is 30.4 Å². The Morgan fingerprint density at radius 2 is 1.79 bits per heavy atom. The number of methoxy groups -OCH3 is 2. The molecule has 0 spiro atoms. The molecule has 0 amide bonds. The van der Waals surface area contributed by atoms with Crippen LogP contribution in [0.4, 0.5) is 0 Å². The molecule has 3 heteroatoms. The Labute approximate surface area is 92.7 Å². The third-order valence-electron chi connectivity index (χ3n) is 1.84. The Hall–Kier alpha value is -0.960. The first-order valence-electron chi connectivity index (χ1n) is 4.27. The largest absolute Gasteiger partial charge is 0.496 e. The molecule has 1 rings (SSSR count). The molecule has 14 heavy (non-hydrogen) atoms. The number of hydrogen-bond donors (Lipinski definition) is 0. The van der Waals surface area contributed by atoms with Gasteiger partial charge in [-0.1, -0.05) is 34.1 Å². The van der Waals surface area contributed by atoms with E-state index in [2.05, 4.69) is 15.9 Å². The van der Waals surface area contributed by atoms with Gasteiger partial charge in [0.1, 0.15) is 11.5 Å². The normalized spacial score (nSPS) is 10.5. The van der Waals surface area contributed by atoms with E-state index >= 15 is 0 Å². The number of alkyl halides is 1. The summed E-state index contributed by atoms with van der Waals surface area (Å²) >= 11 is 3.33. The van der Waals surface area contributed by atoms with Crippen LogP contribution in [0, 0.1) is 0 Å². The third-order valence-corrected chi connectivity index (χ3v) is 2.21. The van der Waals surface area contributed by atoms with Crippen molar-refractivity contribution in [2.24, 2.45) is 0 Å². The monoisotopic (exact) mass is 256 g/mol. The number of hydrogen-bond acceptors (Lipinski definition) is 2. The predicted octanol–water partition coefficient (Wildman–Crippen LogP) is 3.11. The first-order chi connectivity index (χ1) is 6.83. The average Bonchev–Trinajstić information content (AvgIpc) is 2.25. The molecule has 0 aliphatic rings. The second-order valence-electron chi connectivity index (χ2n) is 2.63. The Balaban J connectivity index is 3.12. The minimum absolute atomic E-state index is 0.814. The highest BCUT2D eigenvalue weighted by atomic mass is 79.9. The molecule has 76 valence electrons. The molecule has 0 aliphatic heterocycles. The van der Waals surface area contributed by atoms with Crippen LogP contribution < -0.4 is 9.47 Å². The van der Waals surface area contributed by atoms with E-state index in [1.165, 1.54) is 0 Å². The van der Waals surface area contributed by atoms with Crippen LogP contribution in [0.2, 0.25) is 0 Å². The zero-order valence-corrected chi connectivity index (χ0v) is 9.87. The minimum atomic E-state index is 0.814. The van der Waals surface area contributed by atoms with Crippen molar-refractivity contribution in [3.05, 3.63) is 29.8 Å². The quantitative estimate of drug-likeness (QED) is 0.771. The predicted molar refractivity (Wildman–Crippen MR) is 62.4 cm³/mol. The van der Waals surface area contributed by atoms with Crippen molar-refractivity contribution in [1.82, 2.24) is 0 Å². The van der Waals surface area contributed by atoms with Crippen LogP contribution in [0.15, 0.2) is 24.3 Å².